The topological polar surface area (TPSA) is 57.6 Å². The molecule has 0 unspecified atom stereocenters. The molecule has 0 spiro atoms. The molecule has 1 saturated heterocycles. The molecule has 1 aliphatic heterocycles. The van der Waals surface area contributed by atoms with E-state index >= 15 is 0 Å². The van der Waals surface area contributed by atoms with Crippen molar-refractivity contribution in [2.24, 2.45) is 0 Å². The zero-order valence-corrected chi connectivity index (χ0v) is 13.0. The lowest BCUT2D eigenvalue weighted by atomic mass is 10.0. The first-order chi connectivity index (χ1) is 10.5. The van der Waals surface area contributed by atoms with Gasteiger partial charge in [-0.2, -0.15) is 0 Å². The van der Waals surface area contributed by atoms with E-state index in [9.17, 15) is 19.1 Å². The van der Waals surface area contributed by atoms with Crippen LogP contribution in [0.25, 0.3) is 10.1 Å². The Hall–Kier alpha value is -1.95. The van der Waals surface area contributed by atoms with Crippen LogP contribution >= 0.6 is 11.3 Å². The number of hydrogen-bond acceptors (Lipinski definition) is 3. The maximum absolute atomic E-state index is 13.4. The van der Waals surface area contributed by atoms with Crippen LogP contribution in [0.4, 0.5) is 4.39 Å². The van der Waals surface area contributed by atoms with E-state index < -0.39 is 12.0 Å². The van der Waals surface area contributed by atoms with Crippen molar-refractivity contribution < 1.29 is 19.1 Å². The number of fused-ring (bicyclic) bond motifs is 1. The molecule has 1 aromatic carbocycles. The first-order valence-corrected chi connectivity index (χ1v) is 8.03. The summed E-state index contributed by atoms with van der Waals surface area (Å²) >= 11 is 1.30. The molecule has 3 rings (SSSR count). The number of likely N-dealkylation sites (tertiary alicyclic amines) is 1. The molecule has 1 N–H and O–H groups in total. The number of nitrogens with zero attached hydrogens (tertiary/aromatic N) is 1. The Bertz CT molecular complexity index is 755. The number of benzene rings is 1. The maximum atomic E-state index is 13.4. The number of aryl methyl sites for hydroxylation is 1. The van der Waals surface area contributed by atoms with E-state index in [1.165, 1.54) is 28.4 Å². The summed E-state index contributed by atoms with van der Waals surface area (Å²) in [5.74, 6) is -1.56. The van der Waals surface area contributed by atoms with Gasteiger partial charge in [0, 0.05) is 11.2 Å². The van der Waals surface area contributed by atoms with Gasteiger partial charge >= 0.3 is 5.97 Å². The molecule has 0 radical (unpaired) electrons. The highest BCUT2D eigenvalue weighted by Crippen LogP contribution is 2.33. The van der Waals surface area contributed by atoms with Gasteiger partial charge in [0.2, 0.25) is 0 Å². The van der Waals surface area contributed by atoms with E-state index in [4.69, 9.17) is 0 Å². The van der Waals surface area contributed by atoms with E-state index in [0.717, 1.165) is 28.5 Å². The number of carboxylic acids is 1. The number of aliphatic carboxylic acids is 1. The van der Waals surface area contributed by atoms with Crippen LogP contribution in [-0.4, -0.2) is 34.5 Å². The predicted octanol–water partition coefficient (Wildman–Crippen LogP) is 3.43. The van der Waals surface area contributed by atoms with Gasteiger partial charge in [-0.25, -0.2) is 9.18 Å². The highest BCUT2D eigenvalue weighted by atomic mass is 32.1. The van der Waals surface area contributed by atoms with Crippen molar-refractivity contribution in [2.75, 3.05) is 6.54 Å². The fraction of sp³-hybridized carbons (Fsp3) is 0.375. The van der Waals surface area contributed by atoms with E-state index in [1.807, 2.05) is 0 Å². The molecule has 1 aromatic heterocycles. The van der Waals surface area contributed by atoms with Gasteiger partial charge in [-0.15, -0.1) is 11.3 Å². The summed E-state index contributed by atoms with van der Waals surface area (Å²) < 4.78 is 14.2. The lowest BCUT2D eigenvalue weighted by Crippen LogP contribution is -2.47. The summed E-state index contributed by atoms with van der Waals surface area (Å²) in [6.07, 6.45) is 2.12. The summed E-state index contributed by atoms with van der Waals surface area (Å²) in [4.78, 5) is 26.1. The van der Waals surface area contributed by atoms with Crippen LogP contribution in [0.2, 0.25) is 0 Å². The van der Waals surface area contributed by atoms with Crippen LogP contribution in [0.3, 0.4) is 0 Å². The molecular weight excluding hydrogens is 305 g/mol. The number of thiophene rings is 1. The van der Waals surface area contributed by atoms with Gasteiger partial charge in [0.25, 0.3) is 5.91 Å². The van der Waals surface area contributed by atoms with Crippen molar-refractivity contribution in [3.63, 3.8) is 0 Å². The smallest absolute Gasteiger partial charge is 0.326 e. The van der Waals surface area contributed by atoms with Gasteiger partial charge in [-0.3, -0.25) is 4.79 Å². The number of halogens is 1. The minimum atomic E-state index is -0.960. The third-order valence-electron chi connectivity index (χ3n) is 4.14. The third-order valence-corrected chi connectivity index (χ3v) is 5.40. The second-order valence-corrected chi connectivity index (χ2v) is 6.60. The molecule has 6 heteroatoms. The Balaban J connectivity index is 2.01. The fourth-order valence-corrected chi connectivity index (χ4v) is 4.10. The van der Waals surface area contributed by atoms with Crippen LogP contribution in [0, 0.1) is 12.7 Å². The second kappa shape index (κ2) is 5.68. The summed E-state index contributed by atoms with van der Waals surface area (Å²) in [5, 5.41) is 10.0. The Morgan fingerprint density at radius 3 is 2.86 bits per heavy atom. The molecule has 4 nitrogen and oxygen atoms in total. The summed E-state index contributed by atoms with van der Waals surface area (Å²) in [5.41, 5.74) is 0.721. The highest BCUT2D eigenvalue weighted by molar-refractivity contribution is 7.21. The molecule has 1 atom stereocenters. The number of carbonyl (C=O) groups excluding carboxylic acids is 1. The average Bonchev–Trinajstić information content (AvgIpc) is 2.83. The van der Waals surface area contributed by atoms with Crippen molar-refractivity contribution in [2.45, 2.75) is 32.2 Å². The van der Waals surface area contributed by atoms with E-state index in [1.54, 1.807) is 13.0 Å². The SMILES string of the molecule is Cc1c(C(=O)N2CCCC[C@@H]2C(=O)O)sc2ccc(F)cc12. The van der Waals surface area contributed by atoms with Crippen LogP contribution in [0.5, 0.6) is 0 Å². The average molecular weight is 321 g/mol. The van der Waals surface area contributed by atoms with Crippen LogP contribution in [-0.2, 0) is 4.79 Å². The Kier molecular flexibility index (Phi) is 3.87. The molecule has 1 amide bonds. The summed E-state index contributed by atoms with van der Waals surface area (Å²) in [6, 6.07) is 3.68. The maximum Gasteiger partial charge on any atom is 0.326 e. The molecule has 2 heterocycles. The van der Waals surface area contributed by atoms with Crippen LogP contribution in [0.1, 0.15) is 34.5 Å². The zero-order valence-electron chi connectivity index (χ0n) is 12.1. The standard InChI is InChI=1S/C16H16FNO3S/c1-9-11-8-10(17)5-6-13(11)22-14(9)15(19)18-7-3-2-4-12(18)16(20)21/h5-6,8,12H,2-4,7H2,1H3,(H,20,21)/t12-/m1/s1. The van der Waals surface area contributed by atoms with Crippen molar-refractivity contribution in [1.29, 1.82) is 0 Å². The second-order valence-electron chi connectivity index (χ2n) is 5.55. The molecule has 0 bridgehead atoms. The predicted molar refractivity (Wildman–Crippen MR) is 82.8 cm³/mol. The Labute approximate surface area is 131 Å². The number of carbonyl (C=O) groups is 2. The Morgan fingerprint density at radius 2 is 2.14 bits per heavy atom. The normalized spacial score (nSPS) is 18.6. The molecule has 116 valence electrons. The van der Waals surface area contributed by atoms with Crippen molar-refractivity contribution >= 4 is 33.3 Å². The number of rotatable bonds is 2. The Morgan fingerprint density at radius 1 is 1.36 bits per heavy atom. The highest BCUT2D eigenvalue weighted by Gasteiger charge is 2.33. The van der Waals surface area contributed by atoms with Gasteiger partial charge in [-0.1, -0.05) is 0 Å². The van der Waals surface area contributed by atoms with Crippen molar-refractivity contribution in [3.05, 3.63) is 34.5 Å². The van der Waals surface area contributed by atoms with Gasteiger partial charge in [0.05, 0.1) is 4.88 Å². The van der Waals surface area contributed by atoms with E-state index in [2.05, 4.69) is 0 Å². The molecule has 2 aromatic rings. The first kappa shape index (κ1) is 15.0. The van der Waals surface area contributed by atoms with Gasteiger partial charge in [0.15, 0.2) is 0 Å². The largest absolute Gasteiger partial charge is 0.480 e. The van der Waals surface area contributed by atoms with Gasteiger partial charge < -0.3 is 10.0 Å². The molecule has 0 aliphatic carbocycles. The minimum absolute atomic E-state index is 0.258. The molecule has 0 saturated carbocycles. The van der Waals surface area contributed by atoms with E-state index in [0.29, 0.717) is 17.8 Å². The minimum Gasteiger partial charge on any atom is -0.480 e. The third kappa shape index (κ3) is 2.47. The summed E-state index contributed by atoms with van der Waals surface area (Å²) in [6.45, 7) is 2.24. The number of carboxylic acid groups (broad SMARTS) is 1. The number of hydrogen-bond donors (Lipinski definition) is 1. The fourth-order valence-electron chi connectivity index (χ4n) is 2.96. The zero-order chi connectivity index (χ0) is 15.9. The quantitative estimate of drug-likeness (QED) is 0.922. The van der Waals surface area contributed by atoms with E-state index in [-0.39, 0.29) is 11.7 Å². The molecule has 1 aliphatic rings. The molecular formula is C16H16FNO3S. The summed E-state index contributed by atoms with van der Waals surface area (Å²) in [7, 11) is 0. The number of amides is 1. The van der Waals surface area contributed by atoms with Crippen LogP contribution < -0.4 is 0 Å². The lowest BCUT2D eigenvalue weighted by Gasteiger charge is -2.32. The lowest BCUT2D eigenvalue weighted by molar-refractivity contribution is -0.143. The van der Waals surface area contributed by atoms with Crippen LogP contribution in [0.15, 0.2) is 18.2 Å². The van der Waals surface area contributed by atoms with Gasteiger partial charge in [0.1, 0.15) is 11.9 Å². The van der Waals surface area contributed by atoms with Crippen molar-refractivity contribution in [1.82, 2.24) is 4.90 Å². The molecule has 22 heavy (non-hydrogen) atoms. The molecule has 1 fully saturated rings. The van der Waals surface area contributed by atoms with Crippen molar-refractivity contribution in [3.8, 4) is 0 Å². The number of piperidine rings is 1. The van der Waals surface area contributed by atoms with Gasteiger partial charge in [-0.05, 0) is 55.3 Å². The first-order valence-electron chi connectivity index (χ1n) is 7.21. The monoisotopic (exact) mass is 321 g/mol.